The monoisotopic (exact) mass is 350 g/mol. The summed E-state index contributed by atoms with van der Waals surface area (Å²) in [7, 11) is -3.52. The number of benzene rings is 1. The minimum atomic E-state index is -3.52. The van der Waals surface area contributed by atoms with Crippen LogP contribution in [0.4, 0.5) is 0 Å². The van der Waals surface area contributed by atoms with Gasteiger partial charge < -0.3 is 5.32 Å². The third-order valence-electron chi connectivity index (χ3n) is 3.13. The van der Waals surface area contributed by atoms with Gasteiger partial charge in [0.2, 0.25) is 10.0 Å². The van der Waals surface area contributed by atoms with Crippen LogP contribution in [-0.2, 0) is 16.6 Å². The molecule has 0 unspecified atom stereocenters. The van der Waals surface area contributed by atoms with Crippen LogP contribution >= 0.6 is 23.4 Å². The van der Waals surface area contributed by atoms with Crippen LogP contribution in [0.2, 0.25) is 5.02 Å². The van der Waals surface area contributed by atoms with Crippen LogP contribution in [-0.4, -0.2) is 32.5 Å². The molecule has 2 N–H and O–H groups in total. The van der Waals surface area contributed by atoms with Gasteiger partial charge in [-0.25, -0.2) is 13.1 Å². The molecule has 0 aliphatic rings. The maximum atomic E-state index is 12.3. The van der Waals surface area contributed by atoms with E-state index in [0.717, 1.165) is 12.1 Å². The predicted molar refractivity (Wildman–Crippen MR) is 91.6 cm³/mol. The third kappa shape index (κ3) is 5.79. The Hall–Kier alpha value is -0.270. The molecule has 1 aromatic carbocycles. The summed E-state index contributed by atoms with van der Waals surface area (Å²) >= 11 is 7.72. The van der Waals surface area contributed by atoms with Crippen LogP contribution in [0, 0.1) is 0 Å². The van der Waals surface area contributed by atoms with Crippen LogP contribution in [0.5, 0.6) is 0 Å². The molecule has 0 atom stereocenters. The molecule has 0 bridgehead atoms. The van der Waals surface area contributed by atoms with E-state index in [4.69, 9.17) is 11.6 Å². The van der Waals surface area contributed by atoms with Gasteiger partial charge in [0.15, 0.2) is 0 Å². The van der Waals surface area contributed by atoms with Gasteiger partial charge in [-0.05, 0) is 50.4 Å². The molecule has 21 heavy (non-hydrogen) atoms. The van der Waals surface area contributed by atoms with Crippen molar-refractivity contribution in [2.45, 2.75) is 37.0 Å². The van der Waals surface area contributed by atoms with Crippen molar-refractivity contribution in [1.29, 1.82) is 0 Å². The molecule has 0 aromatic heterocycles. The molecular formula is C14H23ClN2O2S2. The summed E-state index contributed by atoms with van der Waals surface area (Å²) < 4.78 is 27.2. The Balaban J connectivity index is 2.93. The molecule has 0 saturated heterocycles. The molecule has 0 aliphatic carbocycles. The normalized spacial score (nSPS) is 12.6. The number of nitrogens with one attached hydrogen (secondary N) is 2. The van der Waals surface area contributed by atoms with Crippen LogP contribution < -0.4 is 10.0 Å². The molecule has 0 aliphatic heterocycles. The number of hydrogen-bond acceptors (Lipinski definition) is 4. The van der Waals surface area contributed by atoms with E-state index in [9.17, 15) is 8.42 Å². The average Bonchev–Trinajstić information content (AvgIpc) is 2.44. The number of halogens is 1. The van der Waals surface area contributed by atoms with E-state index in [-0.39, 0.29) is 9.64 Å². The Labute approximate surface area is 137 Å². The molecule has 120 valence electrons. The van der Waals surface area contributed by atoms with Crippen molar-refractivity contribution < 1.29 is 8.42 Å². The summed E-state index contributed by atoms with van der Waals surface area (Å²) in [4.78, 5) is 0.247. The van der Waals surface area contributed by atoms with Gasteiger partial charge in [0, 0.05) is 22.9 Å². The van der Waals surface area contributed by atoms with Crippen molar-refractivity contribution in [1.82, 2.24) is 10.0 Å². The lowest BCUT2D eigenvalue weighted by Crippen LogP contribution is -2.36. The van der Waals surface area contributed by atoms with Crippen molar-refractivity contribution in [2.24, 2.45) is 0 Å². The Bertz CT molecular complexity index is 574. The van der Waals surface area contributed by atoms with Gasteiger partial charge in [-0.3, -0.25) is 0 Å². The lowest BCUT2D eigenvalue weighted by atomic mass is 10.2. The fourth-order valence-electron chi connectivity index (χ4n) is 1.54. The molecule has 0 saturated carbocycles. The summed E-state index contributed by atoms with van der Waals surface area (Å²) in [5.74, 6) is 0. The Morgan fingerprint density at radius 1 is 1.33 bits per heavy atom. The zero-order valence-corrected chi connectivity index (χ0v) is 15.3. The molecule has 0 fully saturated rings. The van der Waals surface area contributed by atoms with Crippen molar-refractivity contribution in [2.75, 3.05) is 19.3 Å². The third-order valence-corrected chi connectivity index (χ3v) is 6.15. The molecule has 0 spiro atoms. The minimum absolute atomic E-state index is 0.147. The Morgan fingerprint density at radius 3 is 2.57 bits per heavy atom. The van der Waals surface area contributed by atoms with Gasteiger partial charge >= 0.3 is 0 Å². The first-order chi connectivity index (χ1) is 9.72. The molecule has 4 nitrogen and oxygen atoms in total. The molecule has 0 heterocycles. The summed E-state index contributed by atoms with van der Waals surface area (Å²) in [6, 6.07) is 4.79. The molecule has 1 rings (SSSR count). The zero-order valence-electron chi connectivity index (χ0n) is 12.9. The topological polar surface area (TPSA) is 58.2 Å². The van der Waals surface area contributed by atoms with E-state index in [1.165, 1.54) is 6.07 Å². The Kier molecular flexibility index (Phi) is 7.00. The second kappa shape index (κ2) is 7.83. The van der Waals surface area contributed by atoms with E-state index in [2.05, 4.69) is 10.0 Å². The van der Waals surface area contributed by atoms with Crippen molar-refractivity contribution in [3.05, 3.63) is 28.8 Å². The highest BCUT2D eigenvalue weighted by Gasteiger charge is 2.21. The number of sulfonamides is 1. The van der Waals surface area contributed by atoms with Crippen LogP contribution in [0.1, 0.15) is 26.3 Å². The van der Waals surface area contributed by atoms with E-state index >= 15 is 0 Å². The Morgan fingerprint density at radius 2 is 2.00 bits per heavy atom. The van der Waals surface area contributed by atoms with Gasteiger partial charge in [0.05, 0.1) is 4.90 Å². The fraction of sp³-hybridized carbons (Fsp3) is 0.571. The maximum absolute atomic E-state index is 12.3. The molecular weight excluding hydrogens is 328 g/mol. The molecule has 1 aromatic rings. The van der Waals surface area contributed by atoms with Gasteiger partial charge in [-0.1, -0.05) is 18.5 Å². The van der Waals surface area contributed by atoms with Gasteiger partial charge in [0.1, 0.15) is 0 Å². The molecule has 7 heteroatoms. The van der Waals surface area contributed by atoms with Crippen molar-refractivity contribution in [3.63, 3.8) is 0 Å². The standard InChI is InChI=1S/C14H23ClN2O2S2/c1-5-16-9-11-8-12(6-7-13(11)15)21(18,19)17-10-14(2,3)20-4/h6-8,16-17H,5,9-10H2,1-4H3. The quantitative estimate of drug-likeness (QED) is 0.757. The highest BCUT2D eigenvalue weighted by molar-refractivity contribution is 8.00. The lowest BCUT2D eigenvalue weighted by molar-refractivity contribution is 0.570. The first-order valence-electron chi connectivity index (χ1n) is 6.76. The molecule has 0 radical (unpaired) electrons. The first-order valence-corrected chi connectivity index (χ1v) is 9.84. The highest BCUT2D eigenvalue weighted by atomic mass is 35.5. The van der Waals surface area contributed by atoms with E-state index < -0.39 is 10.0 Å². The molecule has 0 amide bonds. The van der Waals surface area contributed by atoms with E-state index in [0.29, 0.717) is 18.1 Å². The minimum Gasteiger partial charge on any atom is -0.313 e. The largest absolute Gasteiger partial charge is 0.313 e. The van der Waals surface area contributed by atoms with Gasteiger partial charge in [0.25, 0.3) is 0 Å². The summed E-state index contributed by atoms with van der Waals surface area (Å²) in [6.45, 7) is 7.71. The maximum Gasteiger partial charge on any atom is 0.240 e. The van der Waals surface area contributed by atoms with Crippen LogP contribution in [0.25, 0.3) is 0 Å². The van der Waals surface area contributed by atoms with Crippen molar-refractivity contribution in [3.8, 4) is 0 Å². The lowest BCUT2D eigenvalue weighted by Gasteiger charge is -2.22. The number of rotatable bonds is 8. The van der Waals surface area contributed by atoms with Crippen LogP contribution in [0.3, 0.4) is 0 Å². The summed E-state index contributed by atoms with van der Waals surface area (Å²) in [5, 5.41) is 3.72. The fourth-order valence-corrected chi connectivity index (χ4v) is 3.29. The highest BCUT2D eigenvalue weighted by Crippen LogP contribution is 2.23. The van der Waals surface area contributed by atoms with Crippen molar-refractivity contribution >= 4 is 33.4 Å². The van der Waals surface area contributed by atoms with E-state index in [1.807, 2.05) is 27.0 Å². The van der Waals surface area contributed by atoms with Crippen LogP contribution in [0.15, 0.2) is 23.1 Å². The SMILES string of the molecule is CCNCc1cc(S(=O)(=O)NCC(C)(C)SC)ccc1Cl. The smallest absolute Gasteiger partial charge is 0.240 e. The second-order valence-electron chi connectivity index (χ2n) is 5.32. The summed E-state index contributed by atoms with van der Waals surface area (Å²) in [6.07, 6.45) is 1.96. The number of hydrogen-bond donors (Lipinski definition) is 2. The first kappa shape index (κ1) is 18.8. The van der Waals surface area contributed by atoms with E-state index in [1.54, 1.807) is 23.9 Å². The van der Waals surface area contributed by atoms with Gasteiger partial charge in [-0.15, -0.1) is 0 Å². The summed E-state index contributed by atoms with van der Waals surface area (Å²) in [5.41, 5.74) is 0.783. The predicted octanol–water partition coefficient (Wildman–Crippen LogP) is 2.87. The van der Waals surface area contributed by atoms with Gasteiger partial charge in [-0.2, -0.15) is 11.8 Å². The zero-order chi connectivity index (χ0) is 16.1. The number of thioether (sulfide) groups is 1. The average molecular weight is 351 g/mol. The second-order valence-corrected chi connectivity index (χ2v) is 9.01.